The maximum absolute atomic E-state index is 5.75. The average molecular weight is 219 g/mol. The Balaban J connectivity index is 2.30. The van der Waals surface area contributed by atoms with Crippen LogP contribution in [0.25, 0.3) is 0 Å². The number of hydrogen-bond acceptors (Lipinski definition) is 4. The maximum Gasteiger partial charge on any atom is 0.203 e. The number of ether oxygens (including phenoxy) is 1. The number of rotatable bonds is 2. The Morgan fingerprint density at radius 3 is 2.62 bits per heavy atom. The van der Waals surface area contributed by atoms with Crippen molar-refractivity contribution in [2.45, 2.75) is 31.3 Å². The van der Waals surface area contributed by atoms with E-state index in [-0.39, 0.29) is 5.60 Å². The maximum atomic E-state index is 5.75. The molecule has 1 aliphatic carbocycles. The molecular formula is C8H11ClN2OS. The second kappa shape index (κ2) is 3.52. The number of hydrogen-bond donors (Lipinski definition) is 0. The van der Waals surface area contributed by atoms with Crippen molar-refractivity contribution in [2.24, 2.45) is 0 Å². The Morgan fingerprint density at radius 1 is 1.46 bits per heavy atom. The van der Waals surface area contributed by atoms with Gasteiger partial charge in [-0.05, 0) is 48.8 Å². The molecule has 1 aromatic rings. The zero-order valence-electron chi connectivity index (χ0n) is 7.42. The van der Waals surface area contributed by atoms with Gasteiger partial charge in [-0.25, -0.2) is 4.98 Å². The molecule has 0 saturated heterocycles. The summed E-state index contributed by atoms with van der Waals surface area (Å²) in [5.74, 6) is 0.766. The molecule has 0 aliphatic heterocycles. The van der Waals surface area contributed by atoms with E-state index >= 15 is 0 Å². The largest absolute Gasteiger partial charge is 0.370 e. The molecular weight excluding hydrogens is 208 g/mol. The average Bonchev–Trinajstić information content (AvgIpc) is 2.73. The van der Waals surface area contributed by atoms with Crippen LogP contribution in [0.15, 0.2) is 0 Å². The lowest BCUT2D eigenvalue weighted by atomic mass is 10.0. The van der Waals surface area contributed by atoms with E-state index in [1.165, 1.54) is 24.4 Å². The van der Waals surface area contributed by atoms with Crippen molar-refractivity contribution in [3.63, 3.8) is 0 Å². The molecule has 2 rings (SSSR count). The van der Waals surface area contributed by atoms with Crippen molar-refractivity contribution in [1.29, 1.82) is 0 Å². The van der Waals surface area contributed by atoms with Gasteiger partial charge in [0.2, 0.25) is 4.47 Å². The van der Waals surface area contributed by atoms with Gasteiger partial charge in [-0.1, -0.05) is 0 Å². The first-order valence-corrected chi connectivity index (χ1v) is 5.47. The summed E-state index contributed by atoms with van der Waals surface area (Å²) < 4.78 is 10.2. The lowest BCUT2D eigenvalue weighted by Crippen LogP contribution is -2.25. The Kier molecular flexibility index (Phi) is 2.53. The van der Waals surface area contributed by atoms with Gasteiger partial charge in [0, 0.05) is 7.11 Å². The highest BCUT2D eigenvalue weighted by Gasteiger charge is 2.39. The van der Waals surface area contributed by atoms with Crippen LogP contribution in [0, 0.1) is 0 Å². The van der Waals surface area contributed by atoms with Crippen molar-refractivity contribution in [2.75, 3.05) is 7.11 Å². The van der Waals surface area contributed by atoms with Crippen molar-refractivity contribution >= 4 is 23.1 Å². The first-order valence-electron chi connectivity index (χ1n) is 4.32. The predicted molar refractivity (Wildman–Crippen MR) is 52.1 cm³/mol. The molecule has 0 radical (unpaired) electrons. The number of methoxy groups -OCH3 is 1. The zero-order chi connectivity index (χ0) is 9.31. The third-order valence-corrected chi connectivity index (χ3v) is 3.41. The van der Waals surface area contributed by atoms with Gasteiger partial charge in [-0.15, -0.1) is 0 Å². The van der Waals surface area contributed by atoms with Crippen molar-refractivity contribution in [3.05, 3.63) is 10.3 Å². The van der Waals surface area contributed by atoms with Gasteiger partial charge in [0.15, 0.2) is 5.82 Å². The van der Waals surface area contributed by atoms with Crippen molar-refractivity contribution in [3.8, 4) is 0 Å². The fourth-order valence-corrected chi connectivity index (χ4v) is 2.54. The molecule has 0 amide bonds. The monoisotopic (exact) mass is 218 g/mol. The van der Waals surface area contributed by atoms with E-state index in [9.17, 15) is 0 Å². The SMILES string of the molecule is COC1(c2nsc(Cl)n2)CCCC1. The molecule has 0 N–H and O–H groups in total. The Hall–Kier alpha value is -0.190. The molecule has 5 heteroatoms. The fraction of sp³-hybridized carbons (Fsp3) is 0.750. The summed E-state index contributed by atoms with van der Waals surface area (Å²) in [4.78, 5) is 4.18. The number of nitrogens with zero attached hydrogens (tertiary/aromatic N) is 2. The molecule has 0 aromatic carbocycles. The van der Waals surface area contributed by atoms with E-state index < -0.39 is 0 Å². The molecule has 0 bridgehead atoms. The second-order valence-electron chi connectivity index (χ2n) is 3.28. The van der Waals surface area contributed by atoms with Gasteiger partial charge in [0.1, 0.15) is 5.60 Å². The summed E-state index contributed by atoms with van der Waals surface area (Å²) in [6.07, 6.45) is 4.39. The molecule has 1 aromatic heterocycles. The van der Waals surface area contributed by atoms with Crippen molar-refractivity contribution < 1.29 is 4.74 Å². The topological polar surface area (TPSA) is 35.0 Å². The number of aromatic nitrogens is 2. The van der Waals surface area contributed by atoms with E-state index in [2.05, 4.69) is 9.36 Å². The standard InChI is InChI=1S/C8H11ClN2OS/c1-12-8(4-2-3-5-8)6-10-7(9)13-11-6/h2-5H2,1H3. The van der Waals surface area contributed by atoms with Gasteiger partial charge in [0.25, 0.3) is 0 Å². The minimum Gasteiger partial charge on any atom is -0.370 e. The predicted octanol–water partition coefficient (Wildman–Crippen LogP) is 2.61. The Labute approximate surface area is 86.3 Å². The van der Waals surface area contributed by atoms with Crippen LogP contribution >= 0.6 is 23.1 Å². The summed E-state index contributed by atoms with van der Waals surface area (Å²) in [7, 11) is 1.72. The minimum absolute atomic E-state index is 0.246. The molecule has 0 atom stereocenters. The van der Waals surface area contributed by atoms with E-state index in [0.29, 0.717) is 4.47 Å². The van der Waals surface area contributed by atoms with Crippen LogP contribution < -0.4 is 0 Å². The summed E-state index contributed by atoms with van der Waals surface area (Å²) in [6, 6.07) is 0. The van der Waals surface area contributed by atoms with Gasteiger partial charge in [-0.3, -0.25) is 0 Å². The smallest absolute Gasteiger partial charge is 0.203 e. The van der Waals surface area contributed by atoms with Crippen LogP contribution in [0.1, 0.15) is 31.5 Å². The fourth-order valence-electron chi connectivity index (χ4n) is 1.86. The van der Waals surface area contributed by atoms with Crippen LogP contribution in [0.3, 0.4) is 0 Å². The van der Waals surface area contributed by atoms with E-state index in [4.69, 9.17) is 16.3 Å². The highest BCUT2D eigenvalue weighted by Crippen LogP contribution is 2.40. The zero-order valence-corrected chi connectivity index (χ0v) is 8.99. The van der Waals surface area contributed by atoms with Crippen LogP contribution in [0.4, 0.5) is 0 Å². The van der Waals surface area contributed by atoms with Gasteiger partial charge >= 0.3 is 0 Å². The highest BCUT2D eigenvalue weighted by molar-refractivity contribution is 7.10. The molecule has 72 valence electrons. The third-order valence-electron chi connectivity index (χ3n) is 2.61. The Bertz CT molecular complexity index is 296. The summed E-state index contributed by atoms with van der Waals surface area (Å²) in [5.41, 5.74) is -0.246. The minimum atomic E-state index is -0.246. The number of halogens is 1. The molecule has 0 unspecified atom stereocenters. The molecule has 3 nitrogen and oxygen atoms in total. The van der Waals surface area contributed by atoms with Gasteiger partial charge in [-0.2, -0.15) is 4.37 Å². The third kappa shape index (κ3) is 1.58. The quantitative estimate of drug-likeness (QED) is 0.766. The van der Waals surface area contributed by atoms with Crippen molar-refractivity contribution in [1.82, 2.24) is 9.36 Å². The summed E-state index contributed by atoms with van der Waals surface area (Å²) in [5, 5.41) is 0. The molecule has 13 heavy (non-hydrogen) atoms. The summed E-state index contributed by atoms with van der Waals surface area (Å²) >= 11 is 6.98. The van der Waals surface area contributed by atoms with E-state index in [1.807, 2.05) is 0 Å². The van der Waals surface area contributed by atoms with Crippen LogP contribution in [0.2, 0.25) is 4.47 Å². The molecule has 1 aliphatic rings. The van der Waals surface area contributed by atoms with E-state index in [1.54, 1.807) is 7.11 Å². The second-order valence-corrected chi connectivity index (χ2v) is 4.61. The highest BCUT2D eigenvalue weighted by atomic mass is 35.5. The van der Waals surface area contributed by atoms with Crippen LogP contribution in [0.5, 0.6) is 0 Å². The Morgan fingerprint density at radius 2 is 2.15 bits per heavy atom. The van der Waals surface area contributed by atoms with Gasteiger partial charge in [0.05, 0.1) is 0 Å². The first-order chi connectivity index (χ1) is 6.27. The molecule has 1 heterocycles. The van der Waals surface area contributed by atoms with Crippen LogP contribution in [-0.2, 0) is 10.3 Å². The molecule has 0 spiro atoms. The molecule has 1 fully saturated rings. The van der Waals surface area contributed by atoms with Crippen LogP contribution in [-0.4, -0.2) is 16.5 Å². The molecule has 1 saturated carbocycles. The lowest BCUT2D eigenvalue weighted by molar-refractivity contribution is -0.0153. The summed E-state index contributed by atoms with van der Waals surface area (Å²) in [6.45, 7) is 0. The van der Waals surface area contributed by atoms with E-state index in [0.717, 1.165) is 18.7 Å². The first kappa shape index (κ1) is 9.37. The normalized spacial score (nSPS) is 20.8. The van der Waals surface area contributed by atoms with Gasteiger partial charge < -0.3 is 4.74 Å². The lowest BCUT2D eigenvalue weighted by Gasteiger charge is -2.23.